The standard InChI is InChI=1S/C20H22N2O6S/c1-4-27-20(24)14-7-5-6-8-15(14)21-19(23)18-12-22(29(3,25)26)16-11-13(2)9-10-17(16)28-18/h5-11,18H,4,12H2,1-3H3,(H,21,23)/t18-/m1/s1. The molecule has 29 heavy (non-hydrogen) atoms. The van der Waals surface area contributed by atoms with Crippen molar-refractivity contribution in [3.8, 4) is 5.75 Å². The van der Waals surface area contributed by atoms with E-state index in [1.54, 1.807) is 43.3 Å². The fourth-order valence-corrected chi connectivity index (χ4v) is 3.91. The van der Waals surface area contributed by atoms with Crippen molar-refractivity contribution in [3.63, 3.8) is 0 Å². The van der Waals surface area contributed by atoms with Crippen molar-refractivity contribution in [2.45, 2.75) is 20.0 Å². The molecule has 0 bridgehead atoms. The molecule has 1 aliphatic rings. The van der Waals surface area contributed by atoms with Crippen LogP contribution in [0.15, 0.2) is 42.5 Å². The Morgan fingerprint density at radius 2 is 1.97 bits per heavy atom. The fourth-order valence-electron chi connectivity index (χ4n) is 3.00. The molecule has 1 aliphatic heterocycles. The monoisotopic (exact) mass is 418 g/mol. The Morgan fingerprint density at radius 3 is 2.66 bits per heavy atom. The maximum atomic E-state index is 12.8. The number of benzene rings is 2. The number of sulfonamides is 1. The van der Waals surface area contributed by atoms with Gasteiger partial charge in [0.15, 0.2) is 6.10 Å². The lowest BCUT2D eigenvalue weighted by molar-refractivity contribution is -0.122. The van der Waals surface area contributed by atoms with Crippen molar-refractivity contribution in [2.75, 3.05) is 29.0 Å². The van der Waals surface area contributed by atoms with E-state index in [-0.39, 0.29) is 24.4 Å². The number of anilines is 2. The quantitative estimate of drug-likeness (QED) is 0.748. The first kappa shape index (κ1) is 20.7. The van der Waals surface area contributed by atoms with Crippen LogP contribution in [0, 0.1) is 6.92 Å². The van der Waals surface area contributed by atoms with Gasteiger partial charge in [0.05, 0.1) is 36.3 Å². The van der Waals surface area contributed by atoms with Crippen LogP contribution in [-0.2, 0) is 19.6 Å². The molecule has 0 saturated carbocycles. The van der Waals surface area contributed by atoms with E-state index in [0.717, 1.165) is 16.1 Å². The molecule has 0 unspecified atom stereocenters. The van der Waals surface area contributed by atoms with E-state index < -0.39 is 28.0 Å². The molecule has 8 nitrogen and oxygen atoms in total. The van der Waals surface area contributed by atoms with Gasteiger partial charge in [-0.1, -0.05) is 18.2 Å². The van der Waals surface area contributed by atoms with Crippen LogP contribution in [0.5, 0.6) is 5.75 Å². The van der Waals surface area contributed by atoms with Crippen LogP contribution < -0.4 is 14.4 Å². The molecule has 9 heteroatoms. The second kappa shape index (κ2) is 8.12. The average molecular weight is 418 g/mol. The Hall–Kier alpha value is -3.07. The molecule has 0 aromatic heterocycles. The summed E-state index contributed by atoms with van der Waals surface area (Å²) < 4.78 is 36.5. The normalized spacial score (nSPS) is 15.8. The number of nitrogens with one attached hydrogen (secondary N) is 1. The highest BCUT2D eigenvalue weighted by molar-refractivity contribution is 7.92. The Labute approximate surface area is 169 Å². The fraction of sp³-hybridized carbons (Fsp3) is 0.300. The number of ether oxygens (including phenoxy) is 2. The minimum atomic E-state index is -3.63. The molecule has 0 radical (unpaired) electrons. The summed E-state index contributed by atoms with van der Waals surface area (Å²) in [6, 6.07) is 11.5. The van der Waals surface area contributed by atoms with Gasteiger partial charge in [0.25, 0.3) is 5.91 Å². The lowest BCUT2D eigenvalue weighted by Crippen LogP contribution is -2.48. The molecule has 1 N–H and O–H groups in total. The molecule has 0 spiro atoms. The van der Waals surface area contributed by atoms with Gasteiger partial charge in [-0.15, -0.1) is 0 Å². The molecule has 0 aliphatic carbocycles. The zero-order valence-electron chi connectivity index (χ0n) is 16.3. The zero-order chi connectivity index (χ0) is 21.2. The number of hydrogen-bond donors (Lipinski definition) is 1. The van der Waals surface area contributed by atoms with E-state index in [4.69, 9.17) is 9.47 Å². The third-order valence-corrected chi connectivity index (χ3v) is 5.50. The molecule has 2 aromatic rings. The summed E-state index contributed by atoms with van der Waals surface area (Å²) in [6.07, 6.45) is -0.00897. The average Bonchev–Trinajstić information content (AvgIpc) is 2.67. The van der Waals surface area contributed by atoms with Gasteiger partial charge in [-0.25, -0.2) is 13.2 Å². The van der Waals surface area contributed by atoms with Crippen LogP contribution in [0.3, 0.4) is 0 Å². The lowest BCUT2D eigenvalue weighted by Gasteiger charge is -2.34. The van der Waals surface area contributed by atoms with Gasteiger partial charge in [-0.3, -0.25) is 9.10 Å². The van der Waals surface area contributed by atoms with Crippen molar-refractivity contribution >= 4 is 33.3 Å². The number of nitrogens with zero attached hydrogens (tertiary/aromatic N) is 1. The van der Waals surface area contributed by atoms with Crippen LogP contribution in [0.25, 0.3) is 0 Å². The SMILES string of the molecule is CCOC(=O)c1ccccc1NC(=O)[C@H]1CN(S(C)(=O)=O)c2cc(C)ccc2O1. The van der Waals surface area contributed by atoms with Crippen molar-refractivity contribution in [1.29, 1.82) is 0 Å². The summed E-state index contributed by atoms with van der Waals surface area (Å²) in [5, 5.41) is 2.65. The van der Waals surface area contributed by atoms with Crippen molar-refractivity contribution in [3.05, 3.63) is 53.6 Å². The highest BCUT2D eigenvalue weighted by Crippen LogP contribution is 2.36. The highest BCUT2D eigenvalue weighted by Gasteiger charge is 2.35. The third kappa shape index (κ3) is 4.51. The van der Waals surface area contributed by atoms with E-state index in [2.05, 4.69) is 5.32 Å². The molecule has 0 saturated heterocycles. The molecule has 3 rings (SSSR count). The minimum Gasteiger partial charge on any atom is -0.476 e. The minimum absolute atomic E-state index is 0.178. The van der Waals surface area contributed by atoms with Crippen LogP contribution in [0.4, 0.5) is 11.4 Å². The second-order valence-corrected chi connectivity index (χ2v) is 8.53. The van der Waals surface area contributed by atoms with Gasteiger partial charge in [-0.05, 0) is 43.7 Å². The number of aryl methyl sites for hydroxylation is 1. The summed E-state index contributed by atoms with van der Waals surface area (Å²) in [7, 11) is -3.63. The molecule has 1 heterocycles. The van der Waals surface area contributed by atoms with Crippen LogP contribution in [0.1, 0.15) is 22.8 Å². The Kier molecular flexibility index (Phi) is 5.78. The summed E-state index contributed by atoms with van der Waals surface area (Å²) in [5.74, 6) is -0.834. The number of esters is 1. The summed E-state index contributed by atoms with van der Waals surface area (Å²) >= 11 is 0. The summed E-state index contributed by atoms with van der Waals surface area (Å²) in [5.41, 5.74) is 1.73. The Morgan fingerprint density at radius 1 is 1.24 bits per heavy atom. The van der Waals surface area contributed by atoms with Gasteiger partial charge in [0.1, 0.15) is 5.75 Å². The summed E-state index contributed by atoms with van der Waals surface area (Å²) in [6.45, 7) is 3.55. The van der Waals surface area contributed by atoms with Gasteiger partial charge in [0, 0.05) is 0 Å². The molecular formula is C20H22N2O6S. The molecular weight excluding hydrogens is 396 g/mol. The van der Waals surface area contributed by atoms with E-state index in [1.165, 1.54) is 6.07 Å². The van der Waals surface area contributed by atoms with Gasteiger partial charge < -0.3 is 14.8 Å². The first-order chi connectivity index (χ1) is 13.7. The number of fused-ring (bicyclic) bond motifs is 1. The molecule has 1 amide bonds. The Balaban J connectivity index is 1.88. The lowest BCUT2D eigenvalue weighted by atomic mass is 10.1. The molecule has 154 valence electrons. The van der Waals surface area contributed by atoms with E-state index in [1.807, 2.05) is 6.92 Å². The first-order valence-corrected chi connectivity index (χ1v) is 10.9. The number of para-hydroxylation sites is 1. The van der Waals surface area contributed by atoms with Crippen LogP contribution in [-0.4, -0.2) is 45.8 Å². The number of carbonyl (C=O) groups is 2. The zero-order valence-corrected chi connectivity index (χ0v) is 17.2. The molecule has 2 aromatic carbocycles. The molecule has 0 fully saturated rings. The molecule has 1 atom stereocenters. The first-order valence-electron chi connectivity index (χ1n) is 9.02. The maximum Gasteiger partial charge on any atom is 0.340 e. The van der Waals surface area contributed by atoms with Crippen molar-refractivity contribution in [1.82, 2.24) is 0 Å². The topological polar surface area (TPSA) is 102 Å². The predicted molar refractivity (Wildman–Crippen MR) is 109 cm³/mol. The van der Waals surface area contributed by atoms with Gasteiger partial charge >= 0.3 is 5.97 Å². The third-order valence-electron chi connectivity index (χ3n) is 4.36. The van der Waals surface area contributed by atoms with Crippen LogP contribution in [0.2, 0.25) is 0 Å². The smallest absolute Gasteiger partial charge is 0.340 e. The van der Waals surface area contributed by atoms with Crippen LogP contribution >= 0.6 is 0 Å². The Bertz CT molecular complexity index is 1050. The number of carbonyl (C=O) groups excluding carboxylic acids is 2. The highest BCUT2D eigenvalue weighted by atomic mass is 32.2. The number of rotatable bonds is 5. The van der Waals surface area contributed by atoms with Crippen molar-refractivity contribution in [2.24, 2.45) is 0 Å². The number of amides is 1. The largest absolute Gasteiger partial charge is 0.476 e. The predicted octanol–water partition coefficient (Wildman–Crippen LogP) is 2.34. The maximum absolute atomic E-state index is 12.8. The van der Waals surface area contributed by atoms with E-state index in [0.29, 0.717) is 11.4 Å². The van der Waals surface area contributed by atoms with E-state index >= 15 is 0 Å². The number of hydrogen-bond acceptors (Lipinski definition) is 6. The van der Waals surface area contributed by atoms with E-state index in [9.17, 15) is 18.0 Å². The summed E-state index contributed by atoms with van der Waals surface area (Å²) in [4.78, 5) is 24.9. The van der Waals surface area contributed by atoms with Crippen molar-refractivity contribution < 1.29 is 27.5 Å². The van der Waals surface area contributed by atoms with Gasteiger partial charge in [-0.2, -0.15) is 0 Å². The second-order valence-electron chi connectivity index (χ2n) is 6.63. The van der Waals surface area contributed by atoms with Gasteiger partial charge in [0.2, 0.25) is 10.0 Å².